The van der Waals surface area contributed by atoms with Gasteiger partial charge in [-0.2, -0.15) is 10.2 Å². The average Bonchev–Trinajstić information content (AvgIpc) is 2.56. The zero-order valence-electron chi connectivity index (χ0n) is 14.9. The number of hydrogen-bond donors (Lipinski definition) is 2. The molecule has 2 heterocycles. The molecule has 0 bridgehead atoms. The van der Waals surface area contributed by atoms with Crippen LogP contribution in [0.1, 0.15) is 50.9 Å². The van der Waals surface area contributed by atoms with Crippen LogP contribution in [0.4, 0.5) is 0 Å². The molecule has 0 aliphatic rings. The van der Waals surface area contributed by atoms with Crippen molar-refractivity contribution in [2.45, 2.75) is 39.5 Å². The molecule has 0 fully saturated rings. The maximum atomic E-state index is 10.5. The van der Waals surface area contributed by atoms with E-state index in [0.717, 1.165) is 16.0 Å². The second kappa shape index (κ2) is 13.8. The molecule has 0 aliphatic heterocycles. The Labute approximate surface area is 159 Å². The molecule has 0 atom stereocenters. The lowest BCUT2D eigenvalue weighted by Gasteiger charge is -2.00. The fraction of sp³-hybridized carbons (Fsp3) is 0.375. The van der Waals surface area contributed by atoms with E-state index in [9.17, 15) is 4.79 Å². The van der Waals surface area contributed by atoms with E-state index in [1.165, 1.54) is 6.07 Å². The van der Waals surface area contributed by atoms with Gasteiger partial charge in [-0.1, -0.05) is 27.7 Å². The van der Waals surface area contributed by atoms with E-state index in [-0.39, 0.29) is 17.3 Å². The van der Waals surface area contributed by atoms with Gasteiger partial charge in [0.15, 0.2) is 0 Å². The minimum absolute atomic E-state index is 0. The zero-order valence-corrected chi connectivity index (χ0v) is 16.5. The first kappa shape index (κ1) is 25.8. The van der Waals surface area contributed by atoms with Gasteiger partial charge in [0, 0.05) is 6.07 Å². The summed E-state index contributed by atoms with van der Waals surface area (Å²) in [5.74, 6) is -0.595. The third-order valence-corrected chi connectivity index (χ3v) is 3.06. The minimum Gasteiger partial charge on any atom is -0.476 e. The van der Waals surface area contributed by atoms with Crippen LogP contribution in [0, 0.1) is 0 Å². The number of rotatable bonds is 3. The molecule has 0 spiro atoms. The van der Waals surface area contributed by atoms with Crippen LogP contribution in [0.25, 0.3) is 0 Å². The lowest BCUT2D eigenvalue weighted by atomic mass is 10.1. The topological polar surface area (TPSA) is 157 Å². The second-order valence-electron chi connectivity index (χ2n) is 5.39. The van der Waals surface area contributed by atoms with Crippen molar-refractivity contribution in [2.24, 2.45) is 0 Å². The molecule has 0 aliphatic carbocycles. The summed E-state index contributed by atoms with van der Waals surface area (Å²) in [5, 5.41) is 21.4. The number of nitrogens with zero attached hydrogens (tertiary/aromatic N) is 3. The maximum Gasteiger partial charge on any atom is 0.368 e. The molecule has 0 radical (unpaired) electrons. The van der Waals surface area contributed by atoms with Crippen molar-refractivity contribution in [3.8, 4) is 0 Å². The Hall–Kier alpha value is -2.46. The van der Waals surface area contributed by atoms with Crippen LogP contribution in [-0.4, -0.2) is 43.2 Å². The highest BCUT2D eigenvalue weighted by molar-refractivity contribution is 9.10. The molecule has 10 heteroatoms. The summed E-state index contributed by atoms with van der Waals surface area (Å²) in [6, 6.07) is 7.11. The highest BCUT2D eigenvalue weighted by Crippen LogP contribution is 2.11. The normalized spacial score (nSPS) is 9.19. The summed E-state index contributed by atoms with van der Waals surface area (Å²) < 4.78 is 0.789. The van der Waals surface area contributed by atoms with Crippen LogP contribution in [0.15, 0.2) is 33.7 Å². The van der Waals surface area contributed by atoms with E-state index < -0.39 is 5.97 Å². The number of nitrogens with one attached hydrogen (secondary N) is 1. The van der Waals surface area contributed by atoms with Crippen molar-refractivity contribution >= 4 is 28.2 Å². The third-order valence-electron chi connectivity index (χ3n) is 2.64. The molecule has 2 aromatic heterocycles. The van der Waals surface area contributed by atoms with Crippen molar-refractivity contribution in [3.05, 3.63) is 50.6 Å². The second-order valence-corrected chi connectivity index (χ2v) is 6.20. The smallest absolute Gasteiger partial charge is 0.368 e. The van der Waals surface area contributed by atoms with E-state index >= 15 is 0 Å². The average molecular weight is 431 g/mol. The van der Waals surface area contributed by atoms with Gasteiger partial charge in [-0.05, 0) is 46.0 Å². The van der Waals surface area contributed by atoms with Crippen LogP contribution in [-0.2, 0) is 9.59 Å². The van der Waals surface area contributed by atoms with Crippen molar-refractivity contribution in [1.82, 2.24) is 20.4 Å². The Bertz CT molecular complexity index is 697. The molecular formula is C16H23BrN4O5. The number of carboxylic acids is 1. The van der Waals surface area contributed by atoms with Crippen molar-refractivity contribution < 1.29 is 20.2 Å². The fourth-order valence-corrected chi connectivity index (χ4v) is 1.52. The number of carbonyl (C=O) groups excluding carboxylic acids is 1. The number of aliphatic carboxylic acids is 1. The number of aromatic amines is 1. The number of H-pyrrole nitrogens is 1. The predicted octanol–water partition coefficient (Wildman–Crippen LogP) is 1.70. The molecule has 0 unspecified atom stereocenters. The largest absolute Gasteiger partial charge is 0.476 e. The van der Waals surface area contributed by atoms with Crippen molar-refractivity contribution in [3.63, 3.8) is 0 Å². The molecular weight excluding hydrogens is 408 g/mol. The number of aldehydes is 1. The van der Waals surface area contributed by atoms with Gasteiger partial charge >= 0.3 is 5.97 Å². The Balaban J connectivity index is 0. The Morgan fingerprint density at radius 1 is 1.08 bits per heavy atom. The summed E-state index contributed by atoms with van der Waals surface area (Å²) >= 11 is 3.22. The predicted molar refractivity (Wildman–Crippen MR) is 100 cm³/mol. The number of hydrogen-bond acceptors (Lipinski definition) is 6. The standard InChI is InChI=1S/C7H9BrN2.C7H10N2O.C2H2O3.H2O/c1-5(2)6-3-4-7(8)10-9-6;1-5(2)6-3-4-7(10)9-8-6;3-1-2(4)5;/h3-5H,1-2H3;3-5H,1-2H3,(H,9,10);1H,(H,4,5);1H2. The molecule has 26 heavy (non-hydrogen) atoms. The molecule has 2 rings (SSSR count). The van der Waals surface area contributed by atoms with Gasteiger partial charge in [-0.25, -0.2) is 9.89 Å². The molecule has 9 nitrogen and oxygen atoms in total. The van der Waals surface area contributed by atoms with Crippen LogP contribution < -0.4 is 5.56 Å². The molecule has 0 amide bonds. The fourth-order valence-electron chi connectivity index (χ4n) is 1.31. The first-order chi connectivity index (χ1) is 11.7. The minimum atomic E-state index is -1.43. The van der Waals surface area contributed by atoms with Gasteiger partial charge in [-0.15, -0.1) is 5.10 Å². The first-order valence-electron chi connectivity index (χ1n) is 7.40. The van der Waals surface area contributed by atoms with E-state index in [4.69, 9.17) is 14.7 Å². The van der Waals surface area contributed by atoms with Gasteiger partial charge in [0.05, 0.1) is 11.4 Å². The molecule has 4 N–H and O–H groups in total. The van der Waals surface area contributed by atoms with E-state index in [1.807, 2.05) is 26.0 Å². The summed E-state index contributed by atoms with van der Waals surface area (Å²) in [4.78, 5) is 28.4. The molecule has 0 aromatic carbocycles. The third kappa shape index (κ3) is 12.0. The van der Waals surface area contributed by atoms with E-state index in [0.29, 0.717) is 11.8 Å². The molecule has 144 valence electrons. The van der Waals surface area contributed by atoms with Gasteiger partial charge in [0.2, 0.25) is 6.29 Å². The first-order valence-corrected chi connectivity index (χ1v) is 8.19. The van der Waals surface area contributed by atoms with Crippen molar-refractivity contribution in [1.29, 1.82) is 0 Å². The zero-order chi connectivity index (χ0) is 19.4. The quantitative estimate of drug-likeness (QED) is 0.553. The van der Waals surface area contributed by atoms with Crippen LogP contribution in [0.2, 0.25) is 0 Å². The van der Waals surface area contributed by atoms with Crippen LogP contribution in [0.5, 0.6) is 0 Å². The Morgan fingerprint density at radius 2 is 1.58 bits per heavy atom. The summed E-state index contributed by atoms with van der Waals surface area (Å²) in [6.45, 7) is 8.25. The number of halogens is 1. The SMILES string of the molecule is CC(C)c1ccc(=O)[nH]n1.CC(C)c1ccc(Br)nn1.O.O=CC(=O)O. The summed E-state index contributed by atoms with van der Waals surface area (Å²) in [5.41, 5.74) is 1.80. The van der Waals surface area contributed by atoms with Gasteiger partial charge in [0.1, 0.15) is 4.60 Å². The summed E-state index contributed by atoms with van der Waals surface area (Å²) in [6.07, 6.45) is -0.167. The Morgan fingerprint density at radius 3 is 1.88 bits per heavy atom. The van der Waals surface area contributed by atoms with E-state index in [1.54, 1.807) is 6.07 Å². The monoisotopic (exact) mass is 430 g/mol. The van der Waals surface area contributed by atoms with Crippen LogP contribution >= 0.6 is 15.9 Å². The number of carbonyl (C=O) groups is 2. The maximum absolute atomic E-state index is 10.5. The summed E-state index contributed by atoms with van der Waals surface area (Å²) in [7, 11) is 0. The molecule has 2 aromatic rings. The van der Waals surface area contributed by atoms with Gasteiger partial charge in [0.25, 0.3) is 5.56 Å². The highest BCUT2D eigenvalue weighted by Gasteiger charge is 1.99. The number of aromatic nitrogens is 4. The lowest BCUT2D eigenvalue weighted by Crippen LogP contribution is -2.07. The molecule has 0 saturated heterocycles. The Kier molecular flexibility index (Phi) is 13.7. The van der Waals surface area contributed by atoms with Gasteiger partial charge in [-0.3, -0.25) is 9.59 Å². The van der Waals surface area contributed by atoms with E-state index in [2.05, 4.69) is 50.2 Å². The molecule has 0 saturated carbocycles. The van der Waals surface area contributed by atoms with Crippen molar-refractivity contribution in [2.75, 3.05) is 0 Å². The van der Waals surface area contributed by atoms with Gasteiger partial charge < -0.3 is 10.6 Å². The lowest BCUT2D eigenvalue weighted by molar-refractivity contribution is -0.143. The van der Waals surface area contributed by atoms with Crippen LogP contribution in [0.3, 0.4) is 0 Å². The highest BCUT2D eigenvalue weighted by atomic mass is 79.9. The number of carboxylic acid groups (broad SMARTS) is 1.